The van der Waals surface area contributed by atoms with E-state index < -0.39 is 0 Å². The van der Waals surface area contributed by atoms with Crippen molar-refractivity contribution in [3.05, 3.63) is 69.7 Å². The van der Waals surface area contributed by atoms with Gasteiger partial charge in [0.05, 0.1) is 40.3 Å². The minimum absolute atomic E-state index is 0. The Morgan fingerprint density at radius 3 is 1.21 bits per heavy atom. The van der Waals surface area contributed by atoms with Crippen molar-refractivity contribution in [2.24, 2.45) is 0 Å². The van der Waals surface area contributed by atoms with Gasteiger partial charge in [-0.25, -0.2) is 0 Å². The summed E-state index contributed by atoms with van der Waals surface area (Å²) in [5.74, 6) is 0.544. The van der Waals surface area contributed by atoms with Gasteiger partial charge in [0.15, 0.2) is 0 Å². The Morgan fingerprint density at radius 2 is 0.865 bits per heavy atom. The Hall–Kier alpha value is -0.660. The van der Waals surface area contributed by atoms with Crippen LogP contribution in [0.25, 0.3) is 0 Å². The second kappa shape index (κ2) is 28.7. The fourth-order valence-electron chi connectivity index (χ4n) is 6.70. The first-order chi connectivity index (χ1) is 23.9. The molecule has 2 atom stereocenters. The SMILES string of the molecule is CC[N+](C)(CCCCCC(=O)N(C)CCCCCCCCN(C)C(=O)CCCCC[N+](C)(CC)Cc1ccccc1Cl)Cc1ccccc1Cl.[I-].[I-]. The third-order valence-electron chi connectivity index (χ3n) is 10.8. The lowest BCUT2D eigenvalue weighted by molar-refractivity contribution is -0.921. The van der Waals surface area contributed by atoms with E-state index >= 15 is 0 Å². The summed E-state index contributed by atoms with van der Waals surface area (Å²) in [6, 6.07) is 16.3. The zero-order chi connectivity index (χ0) is 36.8. The molecule has 0 aliphatic rings. The van der Waals surface area contributed by atoms with Gasteiger partial charge in [-0.1, -0.05) is 85.3 Å². The molecule has 0 heterocycles. The Labute approximate surface area is 362 Å². The Morgan fingerprint density at radius 1 is 0.538 bits per heavy atom. The molecular weight excluding hydrogens is 917 g/mol. The topological polar surface area (TPSA) is 40.6 Å². The maximum atomic E-state index is 12.7. The molecule has 52 heavy (non-hydrogen) atoms. The predicted molar refractivity (Wildman–Crippen MR) is 213 cm³/mol. The second-order valence-corrected chi connectivity index (χ2v) is 16.0. The molecule has 2 aromatic rings. The number of carbonyl (C=O) groups is 2. The van der Waals surface area contributed by atoms with Crippen LogP contribution in [0.5, 0.6) is 0 Å². The van der Waals surface area contributed by atoms with Crippen LogP contribution < -0.4 is 48.0 Å². The summed E-state index contributed by atoms with van der Waals surface area (Å²) >= 11 is 12.8. The summed E-state index contributed by atoms with van der Waals surface area (Å²) in [7, 11) is 8.51. The van der Waals surface area contributed by atoms with Crippen LogP contribution in [0.4, 0.5) is 0 Å². The Balaban J connectivity index is 0.0000130. The van der Waals surface area contributed by atoms with E-state index in [0.717, 1.165) is 136 Å². The summed E-state index contributed by atoms with van der Waals surface area (Å²) < 4.78 is 1.94. The Bertz CT molecular complexity index is 1180. The highest BCUT2D eigenvalue weighted by atomic mass is 127. The zero-order valence-corrected chi connectivity index (χ0v) is 39.1. The van der Waals surface area contributed by atoms with Crippen LogP contribution in [-0.4, -0.2) is 98.0 Å². The normalized spacial score (nSPS) is 13.3. The van der Waals surface area contributed by atoms with Crippen LogP contribution in [0.1, 0.15) is 115 Å². The van der Waals surface area contributed by atoms with Crippen molar-refractivity contribution >= 4 is 35.0 Å². The van der Waals surface area contributed by atoms with E-state index in [9.17, 15) is 9.59 Å². The van der Waals surface area contributed by atoms with Gasteiger partial charge in [-0.3, -0.25) is 9.59 Å². The lowest BCUT2D eigenvalue weighted by atomic mass is 10.1. The molecule has 0 saturated carbocycles. The summed E-state index contributed by atoms with van der Waals surface area (Å²) in [5, 5.41) is 1.70. The molecular formula is C42H70Cl2I2N4O2. The van der Waals surface area contributed by atoms with E-state index in [1.165, 1.54) is 24.0 Å². The standard InChI is InChI=1S/C42H70Cl2N4O2.2HI/c1-7-47(5,35-37-25-17-19-27-39(37)43)33-23-13-15-29-41(49)45(3)31-21-11-9-10-12-22-32-46(4)42(50)30-16-14-24-34-48(6,8-2)36-38-26-18-20-28-40(38)44;;/h17-20,25-28H,7-16,21-24,29-36H2,1-6H3;2*1H/q+2;;/p-2. The summed E-state index contributed by atoms with van der Waals surface area (Å²) in [4.78, 5) is 29.2. The number of hydrogen-bond acceptors (Lipinski definition) is 2. The maximum Gasteiger partial charge on any atom is 0.222 e. The molecule has 0 aromatic heterocycles. The van der Waals surface area contributed by atoms with Crippen molar-refractivity contribution in [1.29, 1.82) is 0 Å². The van der Waals surface area contributed by atoms with E-state index in [2.05, 4.69) is 52.2 Å². The minimum Gasteiger partial charge on any atom is -1.00 e. The zero-order valence-electron chi connectivity index (χ0n) is 33.3. The third kappa shape index (κ3) is 20.9. The monoisotopic (exact) mass is 986 g/mol. The first kappa shape index (κ1) is 51.3. The van der Waals surface area contributed by atoms with Crippen molar-refractivity contribution in [3.8, 4) is 0 Å². The quantitative estimate of drug-likeness (QED) is 0.0773. The van der Waals surface area contributed by atoms with Gasteiger partial charge in [0, 0.05) is 61.2 Å². The smallest absolute Gasteiger partial charge is 0.222 e. The highest BCUT2D eigenvalue weighted by Gasteiger charge is 2.22. The van der Waals surface area contributed by atoms with Crippen LogP contribution >= 0.6 is 23.2 Å². The molecule has 0 aliphatic heterocycles. The summed E-state index contributed by atoms with van der Waals surface area (Å²) in [6.07, 6.45) is 14.4. The molecule has 298 valence electrons. The molecule has 0 spiro atoms. The molecule has 0 radical (unpaired) electrons. The van der Waals surface area contributed by atoms with Crippen molar-refractivity contribution < 1.29 is 66.5 Å². The largest absolute Gasteiger partial charge is 1.00 e. The fourth-order valence-corrected chi connectivity index (χ4v) is 7.09. The number of halogens is 4. The molecule has 2 unspecified atom stereocenters. The number of quaternary nitrogens is 2. The molecule has 10 heteroatoms. The van der Waals surface area contributed by atoms with E-state index in [4.69, 9.17) is 23.2 Å². The van der Waals surface area contributed by atoms with Crippen molar-refractivity contribution in [3.63, 3.8) is 0 Å². The van der Waals surface area contributed by atoms with Gasteiger partial charge < -0.3 is 66.7 Å². The first-order valence-electron chi connectivity index (χ1n) is 19.5. The number of amides is 2. The van der Waals surface area contributed by atoms with Crippen LogP contribution in [0, 0.1) is 0 Å². The number of hydrogen-bond donors (Lipinski definition) is 0. The molecule has 2 aromatic carbocycles. The lowest BCUT2D eigenvalue weighted by Gasteiger charge is -2.34. The fraction of sp³-hybridized carbons (Fsp3) is 0.667. The van der Waals surface area contributed by atoms with Crippen molar-refractivity contribution in [1.82, 2.24) is 9.80 Å². The Kier molecular flexibility index (Phi) is 28.3. The molecule has 2 rings (SSSR count). The van der Waals surface area contributed by atoms with E-state index in [0.29, 0.717) is 12.8 Å². The van der Waals surface area contributed by atoms with Gasteiger partial charge in [-0.2, -0.15) is 0 Å². The van der Waals surface area contributed by atoms with Gasteiger partial charge in [0.2, 0.25) is 11.8 Å². The number of benzene rings is 2. The number of nitrogens with zero attached hydrogens (tertiary/aromatic N) is 4. The third-order valence-corrected chi connectivity index (χ3v) is 11.5. The maximum absolute atomic E-state index is 12.7. The first-order valence-corrected chi connectivity index (χ1v) is 20.3. The molecule has 0 N–H and O–H groups in total. The van der Waals surface area contributed by atoms with Crippen LogP contribution in [-0.2, 0) is 22.7 Å². The second-order valence-electron chi connectivity index (χ2n) is 15.2. The summed E-state index contributed by atoms with van der Waals surface area (Å²) in [5.41, 5.74) is 2.42. The van der Waals surface area contributed by atoms with Gasteiger partial charge in [0.1, 0.15) is 13.1 Å². The highest BCUT2D eigenvalue weighted by molar-refractivity contribution is 6.31. The van der Waals surface area contributed by atoms with Gasteiger partial charge in [-0.05, 0) is 77.3 Å². The number of unbranched alkanes of at least 4 members (excludes halogenated alkanes) is 9. The molecule has 0 bridgehead atoms. The van der Waals surface area contributed by atoms with Crippen LogP contribution in [0.15, 0.2) is 48.5 Å². The van der Waals surface area contributed by atoms with E-state index in [1.54, 1.807) is 0 Å². The average Bonchev–Trinajstić information content (AvgIpc) is 3.10. The molecule has 0 saturated heterocycles. The molecule has 0 fully saturated rings. The van der Waals surface area contributed by atoms with E-state index in [-0.39, 0.29) is 59.8 Å². The van der Waals surface area contributed by atoms with E-state index in [1.807, 2.05) is 48.2 Å². The number of rotatable bonds is 27. The van der Waals surface area contributed by atoms with Crippen molar-refractivity contribution in [2.45, 2.75) is 117 Å². The number of carbonyl (C=O) groups excluding carboxylic acids is 2. The van der Waals surface area contributed by atoms with Gasteiger partial charge in [0.25, 0.3) is 0 Å². The lowest BCUT2D eigenvalue weighted by Crippen LogP contribution is -3.00. The minimum atomic E-state index is 0. The molecule has 6 nitrogen and oxygen atoms in total. The predicted octanol–water partition coefficient (Wildman–Crippen LogP) is 4.01. The van der Waals surface area contributed by atoms with Crippen LogP contribution in [0.2, 0.25) is 10.0 Å². The highest BCUT2D eigenvalue weighted by Crippen LogP contribution is 2.22. The van der Waals surface area contributed by atoms with Crippen molar-refractivity contribution in [2.75, 3.05) is 67.5 Å². The van der Waals surface area contributed by atoms with Gasteiger partial charge in [-0.15, -0.1) is 0 Å². The molecule has 0 aliphatic carbocycles. The molecule has 2 amide bonds. The van der Waals surface area contributed by atoms with Gasteiger partial charge >= 0.3 is 0 Å². The van der Waals surface area contributed by atoms with Crippen LogP contribution in [0.3, 0.4) is 0 Å². The average molecular weight is 988 g/mol. The summed E-state index contributed by atoms with van der Waals surface area (Å²) in [6.45, 7) is 12.4.